The van der Waals surface area contributed by atoms with Crippen molar-refractivity contribution in [3.8, 4) is 0 Å². The number of anilines is 1. The number of amides is 1. The van der Waals surface area contributed by atoms with Gasteiger partial charge in [-0.15, -0.1) is 0 Å². The zero-order chi connectivity index (χ0) is 11.1. The van der Waals surface area contributed by atoms with E-state index < -0.39 is 0 Å². The van der Waals surface area contributed by atoms with Crippen molar-refractivity contribution in [2.75, 3.05) is 5.32 Å². The van der Waals surface area contributed by atoms with Gasteiger partial charge in [-0.3, -0.25) is 4.79 Å². The maximum absolute atomic E-state index is 11.3. The third-order valence-electron chi connectivity index (χ3n) is 1.73. The van der Waals surface area contributed by atoms with E-state index in [1.807, 2.05) is 0 Å². The molecule has 1 aromatic rings. The molecule has 0 spiro atoms. The van der Waals surface area contributed by atoms with Crippen molar-refractivity contribution >= 4 is 17.8 Å². The van der Waals surface area contributed by atoms with Gasteiger partial charge in [0.2, 0.25) is 5.91 Å². The van der Waals surface area contributed by atoms with Crippen LogP contribution in [0.15, 0.2) is 41.6 Å². The number of carbonyl (C=O) groups excluding carboxylic acids is 1. The first-order valence-corrected chi connectivity index (χ1v) is 4.48. The molecule has 0 aliphatic carbocycles. The molecule has 0 atom stereocenters. The normalized spacial score (nSPS) is 11.0. The van der Waals surface area contributed by atoms with E-state index in [0.29, 0.717) is 11.3 Å². The average Bonchev–Trinajstić information content (AvgIpc) is 2.21. The lowest BCUT2D eigenvalue weighted by Crippen LogP contribution is -2.09. The number of nitrogens with zero attached hydrogens (tertiary/aromatic N) is 1. The largest absolute Gasteiger partial charge is 0.411 e. The summed E-state index contributed by atoms with van der Waals surface area (Å²) in [6.45, 7) is 1.76. The van der Waals surface area contributed by atoms with Crippen LogP contribution in [0.25, 0.3) is 0 Å². The quantitative estimate of drug-likeness (QED) is 0.342. The summed E-state index contributed by atoms with van der Waals surface area (Å²) < 4.78 is 0. The van der Waals surface area contributed by atoms with Crippen molar-refractivity contribution in [3.63, 3.8) is 0 Å². The van der Waals surface area contributed by atoms with Gasteiger partial charge in [0.05, 0.1) is 6.21 Å². The summed E-state index contributed by atoms with van der Waals surface area (Å²) in [5.74, 6) is -0.212. The molecule has 0 aliphatic heterocycles. The van der Waals surface area contributed by atoms with Crippen LogP contribution in [0.3, 0.4) is 0 Å². The number of oxime groups is 1. The fraction of sp³-hybridized carbons (Fsp3) is 0.0909. The lowest BCUT2D eigenvalue weighted by atomic mass is 10.2. The van der Waals surface area contributed by atoms with E-state index in [0.717, 1.165) is 0 Å². The van der Waals surface area contributed by atoms with Crippen LogP contribution in [0, 0.1) is 0 Å². The predicted molar refractivity (Wildman–Crippen MR) is 59.3 cm³/mol. The average molecular weight is 204 g/mol. The Morgan fingerprint density at radius 2 is 2.20 bits per heavy atom. The first-order valence-electron chi connectivity index (χ1n) is 4.48. The number of benzene rings is 1. The van der Waals surface area contributed by atoms with Crippen LogP contribution in [0.2, 0.25) is 0 Å². The molecule has 0 fully saturated rings. The molecule has 4 heteroatoms. The van der Waals surface area contributed by atoms with Gasteiger partial charge in [-0.2, -0.15) is 0 Å². The van der Waals surface area contributed by atoms with Gasteiger partial charge in [0.25, 0.3) is 0 Å². The summed E-state index contributed by atoms with van der Waals surface area (Å²) >= 11 is 0. The van der Waals surface area contributed by atoms with Crippen LogP contribution >= 0.6 is 0 Å². The first kappa shape index (κ1) is 11.0. The SMILES string of the molecule is C/C=C/C(=O)Nc1ccccc1/C=N/O. The van der Waals surface area contributed by atoms with E-state index in [9.17, 15) is 4.79 Å². The van der Waals surface area contributed by atoms with Gasteiger partial charge >= 0.3 is 0 Å². The van der Waals surface area contributed by atoms with E-state index in [1.54, 1.807) is 37.3 Å². The summed E-state index contributed by atoms with van der Waals surface area (Å²) in [5.41, 5.74) is 1.26. The second-order valence-corrected chi connectivity index (χ2v) is 2.82. The molecule has 1 amide bonds. The molecule has 0 radical (unpaired) electrons. The van der Waals surface area contributed by atoms with Gasteiger partial charge in [0, 0.05) is 11.3 Å². The number of nitrogens with one attached hydrogen (secondary N) is 1. The predicted octanol–water partition coefficient (Wildman–Crippen LogP) is 2.01. The van der Waals surface area contributed by atoms with Crippen molar-refractivity contribution in [3.05, 3.63) is 42.0 Å². The number of hydrogen-bond acceptors (Lipinski definition) is 3. The fourth-order valence-electron chi connectivity index (χ4n) is 1.11. The number of para-hydroxylation sites is 1. The Morgan fingerprint density at radius 3 is 2.87 bits per heavy atom. The molecule has 4 nitrogen and oxygen atoms in total. The molecule has 0 saturated carbocycles. The van der Waals surface area contributed by atoms with Gasteiger partial charge < -0.3 is 10.5 Å². The van der Waals surface area contributed by atoms with Crippen molar-refractivity contribution in [2.24, 2.45) is 5.16 Å². The highest BCUT2D eigenvalue weighted by atomic mass is 16.4. The number of hydrogen-bond donors (Lipinski definition) is 2. The topological polar surface area (TPSA) is 61.7 Å². The number of allylic oxidation sites excluding steroid dienone is 1. The Balaban J connectivity index is 2.88. The minimum atomic E-state index is -0.212. The molecule has 78 valence electrons. The molecule has 0 bridgehead atoms. The number of rotatable bonds is 3. The highest BCUT2D eigenvalue weighted by Gasteiger charge is 2.01. The van der Waals surface area contributed by atoms with E-state index in [2.05, 4.69) is 10.5 Å². The fourth-order valence-corrected chi connectivity index (χ4v) is 1.11. The minimum Gasteiger partial charge on any atom is -0.411 e. The summed E-state index contributed by atoms with van der Waals surface area (Å²) in [7, 11) is 0. The monoisotopic (exact) mass is 204 g/mol. The van der Waals surface area contributed by atoms with Crippen LogP contribution in [0.1, 0.15) is 12.5 Å². The third kappa shape index (κ3) is 3.27. The lowest BCUT2D eigenvalue weighted by Gasteiger charge is -2.04. The van der Waals surface area contributed by atoms with Gasteiger partial charge in [-0.25, -0.2) is 0 Å². The highest BCUT2D eigenvalue weighted by molar-refractivity contribution is 6.02. The molecule has 1 aromatic carbocycles. The zero-order valence-corrected chi connectivity index (χ0v) is 8.34. The van der Waals surface area contributed by atoms with Gasteiger partial charge in [-0.1, -0.05) is 29.4 Å². The van der Waals surface area contributed by atoms with Crippen LogP contribution < -0.4 is 5.32 Å². The molecule has 1 rings (SSSR count). The Bertz CT molecular complexity index is 397. The van der Waals surface area contributed by atoms with Crippen molar-refractivity contribution in [1.82, 2.24) is 0 Å². The van der Waals surface area contributed by atoms with Gasteiger partial charge in [0.1, 0.15) is 0 Å². The molecule has 2 N–H and O–H groups in total. The highest BCUT2D eigenvalue weighted by Crippen LogP contribution is 2.12. The summed E-state index contributed by atoms with van der Waals surface area (Å²) in [6.07, 6.45) is 4.34. The molecule has 0 heterocycles. The Morgan fingerprint density at radius 1 is 1.47 bits per heavy atom. The van der Waals surface area contributed by atoms with E-state index >= 15 is 0 Å². The third-order valence-corrected chi connectivity index (χ3v) is 1.73. The Kier molecular flexibility index (Phi) is 4.09. The lowest BCUT2D eigenvalue weighted by molar-refractivity contribution is -0.111. The number of carbonyl (C=O) groups is 1. The Hall–Kier alpha value is -2.10. The Labute approximate surface area is 87.9 Å². The van der Waals surface area contributed by atoms with Crippen LogP contribution in [0.4, 0.5) is 5.69 Å². The molecule has 0 aliphatic rings. The van der Waals surface area contributed by atoms with Crippen LogP contribution in [0.5, 0.6) is 0 Å². The van der Waals surface area contributed by atoms with Gasteiger partial charge in [-0.05, 0) is 19.1 Å². The van der Waals surface area contributed by atoms with Crippen LogP contribution in [-0.4, -0.2) is 17.3 Å². The molecular weight excluding hydrogens is 192 g/mol. The molecule has 0 unspecified atom stereocenters. The van der Waals surface area contributed by atoms with Crippen molar-refractivity contribution in [1.29, 1.82) is 0 Å². The molecular formula is C11H12N2O2. The molecule has 0 saturated heterocycles. The smallest absolute Gasteiger partial charge is 0.248 e. The minimum absolute atomic E-state index is 0.212. The maximum atomic E-state index is 11.3. The van der Waals surface area contributed by atoms with E-state index in [4.69, 9.17) is 5.21 Å². The van der Waals surface area contributed by atoms with Gasteiger partial charge in [0.15, 0.2) is 0 Å². The maximum Gasteiger partial charge on any atom is 0.248 e. The first-order chi connectivity index (χ1) is 7.27. The van der Waals surface area contributed by atoms with Crippen molar-refractivity contribution in [2.45, 2.75) is 6.92 Å². The molecule has 0 aromatic heterocycles. The van der Waals surface area contributed by atoms with Crippen LogP contribution in [-0.2, 0) is 4.79 Å². The summed E-state index contributed by atoms with van der Waals surface area (Å²) in [5, 5.41) is 14.0. The molecule has 15 heavy (non-hydrogen) atoms. The summed E-state index contributed by atoms with van der Waals surface area (Å²) in [4.78, 5) is 11.3. The summed E-state index contributed by atoms with van der Waals surface area (Å²) in [6, 6.07) is 7.06. The second kappa shape index (κ2) is 5.59. The van der Waals surface area contributed by atoms with E-state index in [1.165, 1.54) is 12.3 Å². The zero-order valence-electron chi connectivity index (χ0n) is 8.34. The second-order valence-electron chi connectivity index (χ2n) is 2.82. The standard InChI is InChI=1S/C11H12N2O2/c1-2-5-11(14)13-10-7-4-3-6-9(10)8-12-15/h2-8,15H,1H3,(H,13,14)/b5-2+,12-8+. The van der Waals surface area contributed by atoms with E-state index in [-0.39, 0.29) is 5.91 Å². The van der Waals surface area contributed by atoms with Crippen molar-refractivity contribution < 1.29 is 10.0 Å².